The fraction of sp³-hybridized carbons (Fsp3) is 0.294. The summed E-state index contributed by atoms with van der Waals surface area (Å²) in [4.78, 5) is 34.2. The Balaban J connectivity index is 1.65. The van der Waals surface area contributed by atoms with Crippen LogP contribution in [0.4, 0.5) is 5.69 Å². The van der Waals surface area contributed by atoms with Crippen LogP contribution in [0, 0.1) is 6.92 Å². The third-order valence-corrected chi connectivity index (χ3v) is 3.82. The second-order valence-corrected chi connectivity index (χ2v) is 5.45. The lowest BCUT2D eigenvalue weighted by atomic mass is 10.0. The molecule has 0 fully saturated rings. The van der Waals surface area contributed by atoms with Gasteiger partial charge in [0, 0.05) is 18.4 Å². The summed E-state index contributed by atoms with van der Waals surface area (Å²) in [5, 5.41) is 2.63. The first-order chi connectivity index (χ1) is 11.1. The molecule has 1 N–H and O–H groups in total. The van der Waals surface area contributed by atoms with Gasteiger partial charge in [-0.05, 0) is 37.5 Å². The van der Waals surface area contributed by atoms with Crippen LogP contribution >= 0.6 is 0 Å². The molecule has 1 aromatic carbocycles. The van der Waals surface area contributed by atoms with Gasteiger partial charge in [-0.3, -0.25) is 9.59 Å². The number of fused-ring (bicyclic) bond motifs is 1. The number of benzene rings is 1. The van der Waals surface area contributed by atoms with Gasteiger partial charge in [0.15, 0.2) is 0 Å². The zero-order valence-electron chi connectivity index (χ0n) is 13.0. The van der Waals surface area contributed by atoms with Gasteiger partial charge >= 0.3 is 0 Å². The summed E-state index contributed by atoms with van der Waals surface area (Å²) in [6.45, 7) is 2.35. The third kappa shape index (κ3) is 3.36. The molecular formula is C17H18N4O2. The Bertz CT molecular complexity index is 745. The number of nitrogens with one attached hydrogen (secondary N) is 1. The van der Waals surface area contributed by atoms with Crippen molar-refractivity contribution in [1.82, 2.24) is 15.3 Å². The number of amides is 2. The van der Waals surface area contributed by atoms with Gasteiger partial charge in [0.25, 0.3) is 5.91 Å². The number of nitrogens with zero attached hydrogens (tertiary/aromatic N) is 3. The van der Waals surface area contributed by atoms with Crippen molar-refractivity contribution in [3.05, 3.63) is 53.6 Å². The van der Waals surface area contributed by atoms with E-state index in [0.717, 1.165) is 18.5 Å². The molecule has 0 radical (unpaired) electrons. The Morgan fingerprint density at radius 1 is 1.26 bits per heavy atom. The largest absolute Gasteiger partial charge is 0.342 e. The van der Waals surface area contributed by atoms with E-state index in [1.165, 1.54) is 17.8 Å². The monoisotopic (exact) mass is 310 g/mol. The summed E-state index contributed by atoms with van der Waals surface area (Å²) < 4.78 is 0. The van der Waals surface area contributed by atoms with Crippen molar-refractivity contribution < 1.29 is 9.59 Å². The topological polar surface area (TPSA) is 75.2 Å². The second kappa shape index (κ2) is 6.56. The summed E-state index contributed by atoms with van der Waals surface area (Å²) in [6.07, 6.45) is 3.44. The summed E-state index contributed by atoms with van der Waals surface area (Å²) in [5.74, 6) is 0.0411. The van der Waals surface area contributed by atoms with Gasteiger partial charge in [0.2, 0.25) is 5.91 Å². The molecular weight excluding hydrogens is 292 g/mol. The minimum absolute atomic E-state index is 0.0454. The number of aryl methyl sites for hydroxylation is 2. The lowest BCUT2D eigenvalue weighted by Crippen LogP contribution is -2.42. The van der Waals surface area contributed by atoms with E-state index < -0.39 is 0 Å². The zero-order chi connectivity index (χ0) is 16.2. The molecule has 0 saturated carbocycles. The predicted molar refractivity (Wildman–Crippen MR) is 86.2 cm³/mol. The van der Waals surface area contributed by atoms with Gasteiger partial charge in [-0.2, -0.15) is 0 Å². The standard InChI is InChI=1S/C17H18N4O2/c1-12-18-9-8-14(20-12)17(23)19-11-16(22)21-10-4-6-13-5-2-3-7-15(13)21/h2-3,5,7-9H,4,6,10-11H2,1H3,(H,19,23). The van der Waals surface area contributed by atoms with E-state index in [0.29, 0.717) is 12.4 Å². The van der Waals surface area contributed by atoms with E-state index in [1.54, 1.807) is 11.8 Å². The first-order valence-corrected chi connectivity index (χ1v) is 7.61. The molecule has 23 heavy (non-hydrogen) atoms. The summed E-state index contributed by atoms with van der Waals surface area (Å²) in [7, 11) is 0. The Labute approximate surface area is 134 Å². The zero-order valence-corrected chi connectivity index (χ0v) is 13.0. The van der Waals surface area contributed by atoms with Gasteiger partial charge in [0.05, 0.1) is 6.54 Å². The van der Waals surface area contributed by atoms with Gasteiger partial charge in [-0.1, -0.05) is 18.2 Å². The molecule has 0 unspecified atom stereocenters. The Hall–Kier alpha value is -2.76. The summed E-state index contributed by atoms with van der Waals surface area (Å²) in [6, 6.07) is 9.42. The molecule has 0 atom stereocenters. The van der Waals surface area contributed by atoms with Crippen LogP contribution in [0.5, 0.6) is 0 Å². The Morgan fingerprint density at radius 3 is 2.91 bits per heavy atom. The first kappa shape index (κ1) is 15.1. The number of hydrogen-bond donors (Lipinski definition) is 1. The van der Waals surface area contributed by atoms with E-state index in [1.807, 2.05) is 24.3 Å². The lowest BCUT2D eigenvalue weighted by molar-refractivity contribution is -0.117. The van der Waals surface area contributed by atoms with E-state index in [2.05, 4.69) is 15.3 Å². The molecule has 0 bridgehead atoms. The quantitative estimate of drug-likeness (QED) is 0.932. The van der Waals surface area contributed by atoms with Crippen molar-refractivity contribution in [2.24, 2.45) is 0 Å². The number of anilines is 1. The fourth-order valence-electron chi connectivity index (χ4n) is 2.72. The third-order valence-electron chi connectivity index (χ3n) is 3.82. The SMILES string of the molecule is Cc1nccc(C(=O)NCC(=O)N2CCCc3ccccc32)n1. The molecule has 0 aliphatic carbocycles. The minimum atomic E-state index is -0.367. The Morgan fingerprint density at radius 2 is 2.09 bits per heavy atom. The molecule has 1 aliphatic heterocycles. The number of rotatable bonds is 3. The van der Waals surface area contributed by atoms with Crippen molar-refractivity contribution in [1.29, 1.82) is 0 Å². The molecule has 6 nitrogen and oxygen atoms in total. The molecule has 3 rings (SSSR count). The van der Waals surface area contributed by atoms with E-state index in [4.69, 9.17) is 0 Å². The molecule has 2 aromatic rings. The van der Waals surface area contributed by atoms with Crippen LogP contribution in [-0.4, -0.2) is 34.9 Å². The van der Waals surface area contributed by atoms with Gasteiger partial charge < -0.3 is 10.2 Å². The molecule has 0 spiro atoms. The summed E-state index contributed by atoms with van der Waals surface area (Å²) in [5.41, 5.74) is 2.38. The lowest BCUT2D eigenvalue weighted by Gasteiger charge is -2.29. The van der Waals surface area contributed by atoms with Crippen LogP contribution in [0.3, 0.4) is 0 Å². The molecule has 6 heteroatoms. The highest BCUT2D eigenvalue weighted by atomic mass is 16.2. The van der Waals surface area contributed by atoms with Crippen molar-refractivity contribution in [3.63, 3.8) is 0 Å². The number of hydrogen-bond acceptors (Lipinski definition) is 4. The molecule has 1 aliphatic rings. The van der Waals surface area contributed by atoms with Crippen LogP contribution in [0.15, 0.2) is 36.5 Å². The number of carbonyl (C=O) groups excluding carboxylic acids is 2. The highest BCUT2D eigenvalue weighted by Crippen LogP contribution is 2.26. The van der Waals surface area contributed by atoms with Crippen LogP contribution in [0.25, 0.3) is 0 Å². The van der Waals surface area contributed by atoms with E-state index in [-0.39, 0.29) is 24.1 Å². The number of carbonyl (C=O) groups is 2. The van der Waals surface area contributed by atoms with Crippen molar-refractivity contribution in [2.45, 2.75) is 19.8 Å². The minimum Gasteiger partial charge on any atom is -0.342 e. The molecule has 2 amide bonds. The highest BCUT2D eigenvalue weighted by Gasteiger charge is 2.22. The van der Waals surface area contributed by atoms with Crippen molar-refractivity contribution >= 4 is 17.5 Å². The second-order valence-electron chi connectivity index (χ2n) is 5.45. The molecule has 2 heterocycles. The highest BCUT2D eigenvalue weighted by molar-refractivity contribution is 6.00. The number of aromatic nitrogens is 2. The molecule has 0 saturated heterocycles. The van der Waals surface area contributed by atoms with Crippen LogP contribution < -0.4 is 10.2 Å². The van der Waals surface area contributed by atoms with Gasteiger partial charge in [-0.15, -0.1) is 0 Å². The van der Waals surface area contributed by atoms with Gasteiger partial charge in [-0.25, -0.2) is 9.97 Å². The average molecular weight is 310 g/mol. The van der Waals surface area contributed by atoms with Crippen LogP contribution in [-0.2, 0) is 11.2 Å². The maximum Gasteiger partial charge on any atom is 0.270 e. The van der Waals surface area contributed by atoms with Crippen LogP contribution in [0.1, 0.15) is 28.3 Å². The molecule has 118 valence electrons. The normalized spacial score (nSPS) is 13.3. The van der Waals surface area contributed by atoms with E-state index >= 15 is 0 Å². The number of para-hydroxylation sites is 1. The van der Waals surface area contributed by atoms with Crippen molar-refractivity contribution in [3.8, 4) is 0 Å². The first-order valence-electron chi connectivity index (χ1n) is 7.61. The maximum absolute atomic E-state index is 12.4. The predicted octanol–water partition coefficient (Wildman–Crippen LogP) is 1.49. The Kier molecular flexibility index (Phi) is 4.32. The summed E-state index contributed by atoms with van der Waals surface area (Å²) >= 11 is 0. The smallest absolute Gasteiger partial charge is 0.270 e. The molecule has 1 aromatic heterocycles. The van der Waals surface area contributed by atoms with Crippen LogP contribution in [0.2, 0.25) is 0 Å². The van der Waals surface area contributed by atoms with Gasteiger partial charge in [0.1, 0.15) is 11.5 Å². The average Bonchev–Trinajstić information content (AvgIpc) is 2.59. The van der Waals surface area contributed by atoms with E-state index in [9.17, 15) is 9.59 Å². The fourth-order valence-corrected chi connectivity index (χ4v) is 2.72. The maximum atomic E-state index is 12.4. The van der Waals surface area contributed by atoms with Crippen molar-refractivity contribution in [2.75, 3.05) is 18.0 Å².